The molecule has 0 aliphatic carbocycles. The van der Waals surface area contributed by atoms with E-state index in [4.69, 9.17) is 0 Å². The molecule has 1 unspecified atom stereocenters. The molecule has 5 nitrogen and oxygen atoms in total. The Morgan fingerprint density at radius 1 is 1.46 bits per heavy atom. The molecule has 0 bridgehead atoms. The Hall–Kier alpha value is -1.13. The first-order valence-corrected chi connectivity index (χ1v) is 5.52. The number of benzene rings is 1. The monoisotopic (exact) mass is 218 g/mol. The highest BCUT2D eigenvalue weighted by Crippen LogP contribution is 2.35. The molecule has 0 radical (unpaired) electrons. The lowest BCUT2D eigenvalue weighted by atomic mass is 10.3. The summed E-state index contributed by atoms with van der Waals surface area (Å²) in [6.07, 6.45) is 0. The molecule has 0 saturated carbocycles. The van der Waals surface area contributed by atoms with E-state index >= 15 is 0 Å². The second kappa shape index (κ2) is 4.20. The van der Waals surface area contributed by atoms with Crippen LogP contribution in [0.1, 0.15) is 0 Å². The molecule has 68 valence electrons. The van der Waals surface area contributed by atoms with Gasteiger partial charge in [-0.2, -0.15) is 0 Å². The normalized spacial score (nSPS) is 10.7. The molecule has 1 aromatic carbocycles. The molecule has 0 N–H and O–H groups in total. The van der Waals surface area contributed by atoms with Crippen molar-refractivity contribution in [1.29, 1.82) is 0 Å². The van der Waals surface area contributed by atoms with Gasteiger partial charge in [0, 0.05) is 6.07 Å². The van der Waals surface area contributed by atoms with Crippen molar-refractivity contribution in [3.05, 3.63) is 34.4 Å². The maximum Gasteiger partial charge on any atom is 0.631 e. The molecule has 0 aliphatic heterocycles. The predicted molar refractivity (Wildman–Crippen MR) is 50.3 cm³/mol. The number of rotatable bonds is 3. The molecule has 1 rings (SSSR count). The summed E-state index contributed by atoms with van der Waals surface area (Å²) < 4.78 is 15.2. The number of para-hydroxylation sites is 2. The van der Waals surface area contributed by atoms with Crippen LogP contribution in [0.25, 0.3) is 0 Å². The molecule has 0 amide bonds. The molecule has 0 spiro atoms. The number of hydrogen-bond donors (Lipinski definition) is 1. The average Bonchev–Trinajstić information content (AvgIpc) is 2.03. The molecule has 0 saturated heterocycles. The van der Waals surface area contributed by atoms with Gasteiger partial charge in [0.15, 0.2) is 12.2 Å². The van der Waals surface area contributed by atoms with E-state index in [2.05, 4.69) is 16.8 Å². The van der Waals surface area contributed by atoms with Gasteiger partial charge in [-0.25, -0.2) is 4.52 Å². The maximum absolute atomic E-state index is 10.6. The quantitative estimate of drug-likeness (QED) is 0.366. The summed E-state index contributed by atoms with van der Waals surface area (Å²) in [5, 5.41) is 10.4. The molecule has 1 aromatic rings. The summed E-state index contributed by atoms with van der Waals surface area (Å²) in [4.78, 5) is 9.80. The minimum Gasteiger partial charge on any atom is -0.258 e. The number of hydrogen-bond acceptors (Lipinski definition) is 4. The summed E-state index contributed by atoms with van der Waals surface area (Å²) >= 11 is 3.49. The third kappa shape index (κ3) is 2.68. The number of thiol groups is 1. The highest BCUT2D eigenvalue weighted by molar-refractivity contribution is 8.39. The molecule has 1 atom stereocenters. The maximum atomic E-state index is 10.6. The fraction of sp³-hybridized carbons (Fsp3) is 0. The SMILES string of the molecule is O=[N+]([O-])c1ccccc1O[P+](=O)S. The Kier molecular flexibility index (Phi) is 3.22. The Balaban J connectivity index is 3.04. The van der Waals surface area contributed by atoms with E-state index in [0.29, 0.717) is 0 Å². The van der Waals surface area contributed by atoms with Gasteiger partial charge in [-0.1, -0.05) is 12.1 Å². The van der Waals surface area contributed by atoms with Gasteiger partial charge in [0.1, 0.15) is 0 Å². The third-order valence-corrected chi connectivity index (χ3v) is 1.84. The molecule has 0 fully saturated rings. The van der Waals surface area contributed by atoms with Crippen molar-refractivity contribution in [1.82, 2.24) is 0 Å². The van der Waals surface area contributed by atoms with Crippen molar-refractivity contribution in [3.63, 3.8) is 0 Å². The first-order chi connectivity index (χ1) is 6.11. The highest BCUT2D eigenvalue weighted by atomic mass is 32.7. The first-order valence-electron chi connectivity index (χ1n) is 3.19. The summed E-state index contributed by atoms with van der Waals surface area (Å²) in [5.41, 5.74) is -0.222. The Bertz CT molecular complexity index is 356. The summed E-state index contributed by atoms with van der Waals surface area (Å²) in [6.45, 7) is 0. The van der Waals surface area contributed by atoms with Gasteiger partial charge in [0.2, 0.25) is 0 Å². The fourth-order valence-corrected chi connectivity index (χ4v) is 1.36. The van der Waals surface area contributed by atoms with Crippen molar-refractivity contribution < 1.29 is 14.0 Å². The standard InChI is InChI=1S/C6H4NO4PS/c8-7(9)5-3-1-2-4-6(5)11-12(10)13/h1-4H/p+1. The van der Waals surface area contributed by atoms with Crippen molar-refractivity contribution in [2.24, 2.45) is 0 Å². The lowest BCUT2D eigenvalue weighted by molar-refractivity contribution is -0.385. The molecule has 7 heteroatoms. The van der Waals surface area contributed by atoms with E-state index < -0.39 is 12.2 Å². The minimum absolute atomic E-state index is 0.0383. The van der Waals surface area contributed by atoms with Crippen LogP contribution in [0.4, 0.5) is 5.69 Å². The van der Waals surface area contributed by atoms with E-state index in [1.54, 1.807) is 6.07 Å². The van der Waals surface area contributed by atoms with Gasteiger partial charge in [-0.3, -0.25) is 10.1 Å². The Morgan fingerprint density at radius 2 is 2.08 bits per heavy atom. The van der Waals surface area contributed by atoms with Gasteiger partial charge in [0.05, 0.1) is 4.92 Å². The summed E-state index contributed by atoms with van der Waals surface area (Å²) in [6, 6.07) is 5.68. The minimum atomic E-state index is -2.18. The van der Waals surface area contributed by atoms with Crippen LogP contribution in [-0.2, 0) is 4.57 Å². The van der Waals surface area contributed by atoms with Gasteiger partial charge in [-0.05, 0) is 10.6 Å². The number of nitrogens with zero attached hydrogens (tertiary/aromatic N) is 1. The van der Waals surface area contributed by atoms with Crippen LogP contribution in [0.5, 0.6) is 5.75 Å². The van der Waals surface area contributed by atoms with E-state index in [9.17, 15) is 14.7 Å². The van der Waals surface area contributed by atoms with Crippen LogP contribution in [0.3, 0.4) is 0 Å². The molecular weight excluding hydrogens is 213 g/mol. The van der Waals surface area contributed by atoms with Crippen molar-refractivity contribution in [3.8, 4) is 5.75 Å². The van der Waals surface area contributed by atoms with Gasteiger partial charge in [0.25, 0.3) is 5.75 Å². The average molecular weight is 218 g/mol. The van der Waals surface area contributed by atoms with Gasteiger partial charge in [-0.15, -0.1) is 0 Å². The highest BCUT2D eigenvalue weighted by Gasteiger charge is 2.21. The lowest BCUT2D eigenvalue weighted by Crippen LogP contribution is -1.90. The molecule has 13 heavy (non-hydrogen) atoms. The molecular formula is C6H5NO4PS+. The summed E-state index contributed by atoms with van der Waals surface area (Å²) in [7, 11) is -2.18. The van der Waals surface area contributed by atoms with Crippen LogP contribution in [0.15, 0.2) is 24.3 Å². The Morgan fingerprint density at radius 3 is 2.62 bits per heavy atom. The first kappa shape index (κ1) is 9.95. The second-order valence-electron chi connectivity index (χ2n) is 2.05. The zero-order valence-electron chi connectivity index (χ0n) is 6.28. The zero-order valence-corrected chi connectivity index (χ0v) is 8.07. The van der Waals surface area contributed by atoms with Crippen molar-refractivity contribution in [2.45, 2.75) is 0 Å². The van der Waals surface area contributed by atoms with Gasteiger partial charge >= 0.3 is 12.9 Å². The topological polar surface area (TPSA) is 69.4 Å². The van der Waals surface area contributed by atoms with Crippen LogP contribution < -0.4 is 4.52 Å². The number of nitro groups is 1. The van der Waals surface area contributed by atoms with Crippen molar-refractivity contribution in [2.75, 3.05) is 0 Å². The third-order valence-electron chi connectivity index (χ3n) is 1.24. The predicted octanol–water partition coefficient (Wildman–Crippen LogP) is 2.56. The van der Waals surface area contributed by atoms with Crippen LogP contribution >= 0.6 is 19.5 Å². The van der Waals surface area contributed by atoms with Gasteiger partial charge < -0.3 is 0 Å². The smallest absolute Gasteiger partial charge is 0.258 e. The second-order valence-corrected chi connectivity index (χ2v) is 3.69. The largest absolute Gasteiger partial charge is 0.631 e. The number of nitro benzene ring substituents is 1. The van der Waals surface area contributed by atoms with Crippen molar-refractivity contribution >= 4 is 25.2 Å². The van der Waals surface area contributed by atoms with E-state index in [0.717, 1.165) is 0 Å². The van der Waals surface area contributed by atoms with E-state index in [-0.39, 0.29) is 11.4 Å². The fourth-order valence-electron chi connectivity index (χ4n) is 0.769. The van der Waals surface area contributed by atoms with Crippen LogP contribution in [0, 0.1) is 10.1 Å². The molecule has 0 heterocycles. The molecule has 0 aromatic heterocycles. The van der Waals surface area contributed by atoms with E-state index in [1.807, 2.05) is 0 Å². The Labute approximate surface area is 79.9 Å². The zero-order chi connectivity index (χ0) is 9.84. The van der Waals surface area contributed by atoms with Crippen LogP contribution in [-0.4, -0.2) is 4.92 Å². The van der Waals surface area contributed by atoms with E-state index in [1.165, 1.54) is 18.2 Å². The van der Waals surface area contributed by atoms with Crippen LogP contribution in [0.2, 0.25) is 0 Å². The lowest BCUT2D eigenvalue weighted by Gasteiger charge is -1.93. The summed E-state index contributed by atoms with van der Waals surface area (Å²) in [5.74, 6) is -0.0383. The molecule has 0 aliphatic rings.